The number of hydrogen-bond donors (Lipinski definition) is 10. The van der Waals surface area contributed by atoms with Crippen molar-refractivity contribution < 1.29 is 84.3 Å². The lowest BCUT2D eigenvalue weighted by Gasteiger charge is -2.71. The molecule has 3 heterocycles. The molecule has 0 amide bonds. The molecule has 8 aliphatic rings. The lowest BCUT2D eigenvalue weighted by molar-refractivity contribution is -0.367. The molecule has 17 nitrogen and oxygen atoms in total. The summed E-state index contributed by atoms with van der Waals surface area (Å²) in [6.07, 6.45) is -11.8. The molecular weight excluding hydrogens is 836 g/mol. The number of rotatable bonds is 8. The lowest BCUT2D eigenvalue weighted by atomic mass is 9.33. The first-order chi connectivity index (χ1) is 30.0. The van der Waals surface area contributed by atoms with Crippen LogP contribution in [-0.4, -0.2) is 169 Å². The van der Waals surface area contributed by atoms with Crippen molar-refractivity contribution in [1.82, 2.24) is 0 Å². The molecular formula is C47H76O17. The Morgan fingerprint density at radius 1 is 0.688 bits per heavy atom. The first kappa shape index (κ1) is 49.0. The summed E-state index contributed by atoms with van der Waals surface area (Å²) in [4.78, 5) is 14.7. The molecule has 24 unspecified atom stereocenters. The molecule has 64 heavy (non-hydrogen) atoms. The Kier molecular flexibility index (Phi) is 13.4. The first-order valence-electron chi connectivity index (χ1n) is 23.8. The summed E-state index contributed by atoms with van der Waals surface area (Å²) in [6, 6.07) is 0. The fraction of sp³-hybridized carbons (Fsp3) is 0.936. The Morgan fingerprint density at radius 3 is 1.95 bits per heavy atom. The SMILES string of the molecule is CC1CCC2(C(=O)OC3OC(CO)C(O)C(O)C3O)CCC3(C)C(=CCC4C5(C)CCC(OC6OCC(O)C(O)C6OC6OC(CO)C(O)C(O)C6O)C(C)(C)C5CCC43C)C2C1C. The smallest absolute Gasteiger partial charge is 0.315 e. The molecule has 24 atom stereocenters. The summed E-state index contributed by atoms with van der Waals surface area (Å²) in [6.45, 7) is 14.7. The number of aliphatic hydroxyl groups excluding tert-OH is 10. The second kappa shape index (κ2) is 17.5. The van der Waals surface area contributed by atoms with Crippen LogP contribution in [0.5, 0.6) is 0 Å². The number of carbonyl (C=O) groups excluding carboxylic acids is 1. The minimum absolute atomic E-state index is 0.112. The highest BCUT2D eigenvalue weighted by Gasteiger charge is 2.70. The average molecular weight is 913 g/mol. The van der Waals surface area contributed by atoms with E-state index in [1.807, 2.05) is 0 Å². The van der Waals surface area contributed by atoms with Gasteiger partial charge in [0.05, 0.1) is 31.3 Å². The number of carbonyl (C=O) groups is 1. The molecule has 10 N–H and O–H groups in total. The minimum atomic E-state index is -1.73. The summed E-state index contributed by atoms with van der Waals surface area (Å²) < 4.78 is 36.1. The molecule has 5 aliphatic carbocycles. The molecule has 0 radical (unpaired) electrons. The maximum Gasteiger partial charge on any atom is 0.315 e. The van der Waals surface area contributed by atoms with Gasteiger partial charge in [0.2, 0.25) is 6.29 Å². The van der Waals surface area contributed by atoms with Crippen LogP contribution in [0.3, 0.4) is 0 Å². The highest BCUT2D eigenvalue weighted by atomic mass is 16.8. The molecule has 0 spiro atoms. The normalized spacial score (nSPS) is 54.9. The number of fused-ring (bicyclic) bond motifs is 7. The van der Waals surface area contributed by atoms with Crippen LogP contribution in [0.4, 0.5) is 0 Å². The van der Waals surface area contributed by atoms with Gasteiger partial charge in [-0.25, -0.2) is 0 Å². The molecule has 4 saturated carbocycles. The monoisotopic (exact) mass is 913 g/mol. The number of hydrogen-bond acceptors (Lipinski definition) is 17. The van der Waals surface area contributed by atoms with Gasteiger partial charge in [-0.1, -0.05) is 60.1 Å². The number of esters is 1. The van der Waals surface area contributed by atoms with E-state index in [0.29, 0.717) is 31.1 Å². The van der Waals surface area contributed by atoms with E-state index >= 15 is 0 Å². The summed E-state index contributed by atoms with van der Waals surface area (Å²) in [5, 5.41) is 105. The van der Waals surface area contributed by atoms with Gasteiger partial charge in [0.25, 0.3) is 0 Å². The first-order valence-corrected chi connectivity index (χ1v) is 23.8. The number of aliphatic hydroxyl groups is 10. The molecule has 0 aromatic carbocycles. The van der Waals surface area contributed by atoms with Crippen LogP contribution < -0.4 is 0 Å². The summed E-state index contributed by atoms with van der Waals surface area (Å²) in [5.74, 6) is 0.397. The van der Waals surface area contributed by atoms with Crippen molar-refractivity contribution >= 4 is 5.97 Å². The van der Waals surface area contributed by atoms with Crippen molar-refractivity contribution in [2.45, 2.75) is 198 Å². The van der Waals surface area contributed by atoms with Crippen LogP contribution in [0, 0.1) is 56.7 Å². The molecule has 366 valence electrons. The van der Waals surface area contributed by atoms with E-state index in [4.69, 9.17) is 28.4 Å². The molecule has 3 aliphatic heterocycles. The van der Waals surface area contributed by atoms with Crippen LogP contribution in [0.1, 0.15) is 106 Å². The Hall–Kier alpha value is -1.39. The Morgan fingerprint density at radius 2 is 1.31 bits per heavy atom. The predicted molar refractivity (Wildman–Crippen MR) is 224 cm³/mol. The van der Waals surface area contributed by atoms with Gasteiger partial charge in [-0.2, -0.15) is 0 Å². The van der Waals surface area contributed by atoms with E-state index < -0.39 is 116 Å². The average Bonchev–Trinajstić information content (AvgIpc) is 3.25. The summed E-state index contributed by atoms with van der Waals surface area (Å²) in [5.41, 5.74) is -0.462. The van der Waals surface area contributed by atoms with E-state index in [2.05, 4.69) is 54.5 Å². The Bertz CT molecular complexity index is 1730. The Balaban J connectivity index is 1.03. The fourth-order valence-corrected chi connectivity index (χ4v) is 15.0. The molecule has 0 aromatic heterocycles. The molecule has 8 rings (SSSR count). The highest BCUT2D eigenvalue weighted by Crippen LogP contribution is 2.76. The van der Waals surface area contributed by atoms with Crippen LogP contribution in [0.15, 0.2) is 11.6 Å². The van der Waals surface area contributed by atoms with Gasteiger partial charge in [-0.15, -0.1) is 0 Å². The third-order valence-electron chi connectivity index (χ3n) is 19.3. The lowest BCUT2D eigenvalue weighted by Crippen LogP contribution is -2.66. The molecule has 7 fully saturated rings. The number of ether oxygens (including phenoxy) is 6. The van der Waals surface area contributed by atoms with E-state index in [1.165, 1.54) is 5.57 Å². The van der Waals surface area contributed by atoms with Gasteiger partial charge < -0.3 is 79.5 Å². The molecule has 3 saturated heterocycles. The highest BCUT2D eigenvalue weighted by molar-refractivity contribution is 5.79. The topological polar surface area (TPSA) is 275 Å². The zero-order valence-corrected chi connectivity index (χ0v) is 38.4. The quantitative estimate of drug-likeness (QED) is 0.0909. The van der Waals surface area contributed by atoms with Gasteiger partial charge >= 0.3 is 5.97 Å². The van der Waals surface area contributed by atoms with E-state index in [1.54, 1.807) is 0 Å². The van der Waals surface area contributed by atoms with Crippen LogP contribution >= 0.6 is 0 Å². The van der Waals surface area contributed by atoms with E-state index in [9.17, 15) is 55.9 Å². The van der Waals surface area contributed by atoms with Gasteiger partial charge in [-0.3, -0.25) is 4.79 Å². The van der Waals surface area contributed by atoms with Crippen molar-refractivity contribution in [3.63, 3.8) is 0 Å². The summed E-state index contributed by atoms with van der Waals surface area (Å²) in [7, 11) is 0. The van der Waals surface area contributed by atoms with Gasteiger partial charge in [0, 0.05) is 0 Å². The maximum atomic E-state index is 14.7. The second-order valence-corrected chi connectivity index (χ2v) is 22.4. The van der Waals surface area contributed by atoms with E-state index in [-0.39, 0.29) is 46.7 Å². The van der Waals surface area contributed by atoms with Crippen LogP contribution in [-0.2, 0) is 33.2 Å². The van der Waals surface area contributed by atoms with Crippen molar-refractivity contribution in [1.29, 1.82) is 0 Å². The standard InChI is InChI=1S/C47H76O17/c1-21-10-15-47(42(58)64-40-37(57)35(55)33(53)26(19-49)61-40)17-16-45(6)23(30(47)22(21)2)8-9-28-44(5)13-12-29(43(3,4)27(44)11-14-46(28,45)7)62-41-38(31(51)24(50)20-59-41)63-39-36(56)34(54)32(52)25(18-48)60-39/h8,21-22,24-41,48-57H,9-20H2,1-7H3. The van der Waals surface area contributed by atoms with Gasteiger partial charge in [0.1, 0.15) is 67.1 Å². The van der Waals surface area contributed by atoms with Crippen LogP contribution in [0.25, 0.3) is 0 Å². The van der Waals surface area contributed by atoms with Crippen molar-refractivity contribution in [2.24, 2.45) is 56.7 Å². The zero-order chi connectivity index (χ0) is 46.6. The molecule has 0 bridgehead atoms. The minimum Gasteiger partial charge on any atom is -0.432 e. The van der Waals surface area contributed by atoms with Crippen molar-refractivity contribution in [3.8, 4) is 0 Å². The third kappa shape index (κ3) is 7.40. The van der Waals surface area contributed by atoms with E-state index in [0.717, 1.165) is 38.5 Å². The van der Waals surface area contributed by atoms with Crippen molar-refractivity contribution in [2.75, 3.05) is 19.8 Å². The number of allylic oxidation sites excluding steroid dienone is 2. The second-order valence-electron chi connectivity index (χ2n) is 22.4. The van der Waals surface area contributed by atoms with Crippen molar-refractivity contribution in [3.05, 3.63) is 11.6 Å². The van der Waals surface area contributed by atoms with Gasteiger partial charge in [-0.05, 0) is 109 Å². The summed E-state index contributed by atoms with van der Waals surface area (Å²) >= 11 is 0. The molecule has 0 aromatic rings. The Labute approximate surface area is 376 Å². The third-order valence-corrected chi connectivity index (χ3v) is 19.3. The zero-order valence-electron chi connectivity index (χ0n) is 38.4. The largest absolute Gasteiger partial charge is 0.432 e. The maximum absolute atomic E-state index is 14.7. The fourth-order valence-electron chi connectivity index (χ4n) is 15.0. The van der Waals surface area contributed by atoms with Gasteiger partial charge in [0.15, 0.2) is 12.6 Å². The molecule has 17 heteroatoms. The predicted octanol–water partition coefficient (Wildman–Crippen LogP) is 0.636. The van der Waals surface area contributed by atoms with Crippen LogP contribution in [0.2, 0.25) is 0 Å².